The van der Waals surface area contributed by atoms with Crippen molar-refractivity contribution in [3.05, 3.63) is 34.3 Å². The lowest BCUT2D eigenvalue weighted by molar-refractivity contribution is -0.137. The molecule has 0 spiro atoms. The molecule has 0 saturated carbocycles. The Balaban J connectivity index is 2.12. The molecule has 1 unspecified atom stereocenters. The molecule has 1 aromatic carbocycles. The average molecular weight is 376 g/mol. The number of benzene rings is 1. The van der Waals surface area contributed by atoms with Crippen LogP contribution < -0.4 is 0 Å². The molecule has 1 aliphatic rings. The molecule has 1 saturated heterocycles. The third kappa shape index (κ3) is 4.28. The molecule has 1 aliphatic heterocycles. The largest absolute Gasteiger partial charge is 0.481 e. The zero-order valence-electron chi connectivity index (χ0n) is 11.5. The van der Waals surface area contributed by atoms with Gasteiger partial charge in [-0.3, -0.25) is 4.79 Å². The maximum Gasteiger partial charge on any atom is 0.303 e. The molecule has 21 heavy (non-hydrogen) atoms. The lowest BCUT2D eigenvalue weighted by atomic mass is 10.1. The molecule has 0 aliphatic carbocycles. The highest BCUT2D eigenvalue weighted by atomic mass is 79.9. The molecular weight excluding hydrogens is 358 g/mol. The minimum atomic E-state index is -3.41. The summed E-state index contributed by atoms with van der Waals surface area (Å²) in [6.45, 7) is 0.507. The van der Waals surface area contributed by atoms with E-state index in [1.165, 1.54) is 4.31 Å². The first kappa shape index (κ1) is 16.5. The van der Waals surface area contributed by atoms with E-state index in [0.717, 1.165) is 22.9 Å². The minimum absolute atomic E-state index is 0.107. The molecule has 1 heterocycles. The molecule has 5 nitrogen and oxygen atoms in total. The lowest BCUT2D eigenvalue weighted by Crippen LogP contribution is -2.32. The van der Waals surface area contributed by atoms with Gasteiger partial charge >= 0.3 is 5.97 Å². The van der Waals surface area contributed by atoms with Crippen molar-refractivity contribution in [1.29, 1.82) is 0 Å². The van der Waals surface area contributed by atoms with Crippen molar-refractivity contribution in [3.63, 3.8) is 0 Å². The monoisotopic (exact) mass is 375 g/mol. The smallest absolute Gasteiger partial charge is 0.303 e. The van der Waals surface area contributed by atoms with E-state index in [1.54, 1.807) is 0 Å². The molecule has 116 valence electrons. The summed E-state index contributed by atoms with van der Waals surface area (Å²) in [6, 6.07) is 7.53. The first-order valence-corrected chi connectivity index (χ1v) is 9.27. The van der Waals surface area contributed by atoms with Gasteiger partial charge in [0.25, 0.3) is 0 Å². The molecule has 0 bridgehead atoms. The summed E-state index contributed by atoms with van der Waals surface area (Å²) in [7, 11) is -3.41. The van der Waals surface area contributed by atoms with Crippen LogP contribution in [0.2, 0.25) is 0 Å². The number of halogens is 1. The van der Waals surface area contributed by atoms with Crippen LogP contribution in [0.25, 0.3) is 0 Å². The second-order valence-corrected chi connectivity index (χ2v) is 8.09. The molecule has 1 aromatic rings. The number of aliphatic carboxylic acids is 1. The standard InChI is InChI=1S/C14H18BrNO4S/c15-12-5-1-4-11(10-12)13-6-2-8-16(13)21(19,20)9-3-7-14(17)18/h1,4-5,10,13H,2-3,6-9H2,(H,17,18). The van der Waals surface area contributed by atoms with Gasteiger partial charge in [0.1, 0.15) is 0 Å². The van der Waals surface area contributed by atoms with Crippen LogP contribution in [0, 0.1) is 0 Å². The van der Waals surface area contributed by atoms with Gasteiger partial charge in [0, 0.05) is 23.5 Å². The Morgan fingerprint density at radius 1 is 1.43 bits per heavy atom. The van der Waals surface area contributed by atoms with Gasteiger partial charge in [-0.2, -0.15) is 4.31 Å². The van der Waals surface area contributed by atoms with Gasteiger partial charge in [0.15, 0.2) is 0 Å². The van der Waals surface area contributed by atoms with Gasteiger partial charge in [0.2, 0.25) is 10.0 Å². The minimum Gasteiger partial charge on any atom is -0.481 e. The van der Waals surface area contributed by atoms with E-state index in [9.17, 15) is 13.2 Å². The molecule has 0 radical (unpaired) electrons. The van der Waals surface area contributed by atoms with Gasteiger partial charge in [-0.15, -0.1) is 0 Å². The Morgan fingerprint density at radius 2 is 2.19 bits per heavy atom. The maximum absolute atomic E-state index is 12.4. The number of nitrogens with zero attached hydrogens (tertiary/aromatic N) is 1. The van der Waals surface area contributed by atoms with Gasteiger partial charge in [-0.1, -0.05) is 28.1 Å². The first-order chi connectivity index (χ1) is 9.90. The van der Waals surface area contributed by atoms with E-state index in [1.807, 2.05) is 24.3 Å². The van der Waals surface area contributed by atoms with E-state index in [4.69, 9.17) is 5.11 Å². The second-order valence-electron chi connectivity index (χ2n) is 5.14. The number of hydrogen-bond donors (Lipinski definition) is 1. The van der Waals surface area contributed by atoms with Crippen LogP contribution in [0.1, 0.15) is 37.3 Å². The Bertz CT molecular complexity index is 617. The molecular formula is C14H18BrNO4S. The van der Waals surface area contributed by atoms with Crippen molar-refractivity contribution in [2.24, 2.45) is 0 Å². The quantitative estimate of drug-likeness (QED) is 0.829. The zero-order chi connectivity index (χ0) is 15.5. The molecule has 1 fully saturated rings. The molecule has 0 aromatic heterocycles. The number of carbonyl (C=O) groups is 1. The van der Waals surface area contributed by atoms with E-state index in [0.29, 0.717) is 6.54 Å². The predicted octanol–water partition coefficient (Wildman–Crippen LogP) is 2.78. The summed E-state index contributed by atoms with van der Waals surface area (Å²) < 4.78 is 27.3. The average Bonchev–Trinajstić information content (AvgIpc) is 2.88. The fraction of sp³-hybridized carbons (Fsp3) is 0.500. The molecule has 1 atom stereocenters. The molecule has 2 rings (SSSR count). The summed E-state index contributed by atoms with van der Waals surface area (Å²) in [6.07, 6.45) is 1.66. The fourth-order valence-electron chi connectivity index (χ4n) is 2.64. The highest BCUT2D eigenvalue weighted by Gasteiger charge is 2.34. The zero-order valence-corrected chi connectivity index (χ0v) is 13.9. The van der Waals surface area contributed by atoms with Crippen LogP contribution >= 0.6 is 15.9 Å². The van der Waals surface area contributed by atoms with Crippen molar-refractivity contribution >= 4 is 31.9 Å². The summed E-state index contributed by atoms with van der Waals surface area (Å²) in [5.74, 6) is -1.07. The van der Waals surface area contributed by atoms with Crippen molar-refractivity contribution in [2.75, 3.05) is 12.3 Å². The number of sulfonamides is 1. The lowest BCUT2D eigenvalue weighted by Gasteiger charge is -2.24. The highest BCUT2D eigenvalue weighted by Crippen LogP contribution is 2.35. The number of hydrogen-bond acceptors (Lipinski definition) is 3. The van der Waals surface area contributed by atoms with Crippen molar-refractivity contribution in [2.45, 2.75) is 31.7 Å². The van der Waals surface area contributed by atoms with Crippen LogP contribution in [-0.4, -0.2) is 36.1 Å². The van der Waals surface area contributed by atoms with Crippen LogP contribution in [0.15, 0.2) is 28.7 Å². The molecule has 7 heteroatoms. The highest BCUT2D eigenvalue weighted by molar-refractivity contribution is 9.10. The summed E-state index contributed by atoms with van der Waals surface area (Å²) in [4.78, 5) is 10.5. The normalized spacial score (nSPS) is 19.8. The Labute approximate surface area is 133 Å². The van der Waals surface area contributed by atoms with Gasteiger partial charge in [-0.05, 0) is 37.0 Å². The van der Waals surface area contributed by atoms with Crippen molar-refractivity contribution in [3.8, 4) is 0 Å². The van der Waals surface area contributed by atoms with E-state index in [2.05, 4.69) is 15.9 Å². The van der Waals surface area contributed by atoms with Crippen LogP contribution in [0.3, 0.4) is 0 Å². The van der Waals surface area contributed by atoms with Gasteiger partial charge in [0.05, 0.1) is 5.75 Å². The van der Waals surface area contributed by atoms with E-state index in [-0.39, 0.29) is 24.6 Å². The predicted molar refractivity (Wildman–Crippen MR) is 83.5 cm³/mol. The topological polar surface area (TPSA) is 74.7 Å². The molecule has 0 amide bonds. The SMILES string of the molecule is O=C(O)CCCS(=O)(=O)N1CCCC1c1cccc(Br)c1. The van der Waals surface area contributed by atoms with E-state index < -0.39 is 16.0 Å². The van der Waals surface area contributed by atoms with Crippen molar-refractivity contribution in [1.82, 2.24) is 4.31 Å². The van der Waals surface area contributed by atoms with Crippen LogP contribution in [0.4, 0.5) is 0 Å². The third-order valence-electron chi connectivity index (χ3n) is 3.59. The number of rotatable bonds is 6. The third-order valence-corrected chi connectivity index (χ3v) is 6.04. The first-order valence-electron chi connectivity index (χ1n) is 6.87. The summed E-state index contributed by atoms with van der Waals surface area (Å²) >= 11 is 3.40. The number of carboxylic acids is 1. The Hall–Kier alpha value is -0.920. The molecule has 1 N–H and O–H groups in total. The van der Waals surface area contributed by atoms with Gasteiger partial charge < -0.3 is 5.11 Å². The van der Waals surface area contributed by atoms with Crippen LogP contribution in [-0.2, 0) is 14.8 Å². The van der Waals surface area contributed by atoms with Crippen LogP contribution in [0.5, 0.6) is 0 Å². The summed E-state index contributed by atoms with van der Waals surface area (Å²) in [5, 5.41) is 8.62. The Kier molecular flexibility index (Phi) is 5.40. The number of carboxylic acid groups (broad SMARTS) is 1. The second kappa shape index (κ2) is 6.89. The fourth-order valence-corrected chi connectivity index (χ4v) is 4.83. The Morgan fingerprint density at radius 3 is 2.86 bits per heavy atom. The van der Waals surface area contributed by atoms with Gasteiger partial charge in [-0.25, -0.2) is 8.42 Å². The maximum atomic E-state index is 12.4. The van der Waals surface area contributed by atoms with E-state index >= 15 is 0 Å². The summed E-state index contributed by atoms with van der Waals surface area (Å²) in [5.41, 5.74) is 0.976. The van der Waals surface area contributed by atoms with Crippen molar-refractivity contribution < 1.29 is 18.3 Å².